The smallest absolute Gasteiger partial charge is 0.338 e. The summed E-state index contributed by atoms with van der Waals surface area (Å²) in [5.74, 6) is -1.12. The van der Waals surface area contributed by atoms with E-state index in [-0.39, 0.29) is 35.7 Å². The van der Waals surface area contributed by atoms with Crippen molar-refractivity contribution in [1.29, 1.82) is 0 Å². The minimum Gasteiger partial charge on any atom is -0.478 e. The lowest BCUT2D eigenvalue weighted by molar-refractivity contribution is -0.385. The van der Waals surface area contributed by atoms with Gasteiger partial charge in [0.2, 0.25) is 0 Å². The van der Waals surface area contributed by atoms with E-state index in [9.17, 15) is 29.8 Å². The zero-order valence-corrected chi connectivity index (χ0v) is 14.2. The van der Waals surface area contributed by atoms with E-state index in [0.717, 1.165) is 6.07 Å². The molecule has 1 aliphatic heterocycles. The minimum atomic E-state index is -1.01. The van der Waals surface area contributed by atoms with Crippen LogP contribution in [-0.2, 0) is 9.53 Å². The molecule has 1 aliphatic rings. The zero-order chi connectivity index (χ0) is 20.3. The molecule has 11 heteroatoms. The number of benzene rings is 2. The summed E-state index contributed by atoms with van der Waals surface area (Å²) in [6, 6.07) is 8.85. The molecule has 1 N–H and O–H groups in total. The molecule has 28 heavy (non-hydrogen) atoms. The van der Waals surface area contributed by atoms with Crippen LogP contribution in [0.4, 0.5) is 17.1 Å². The molecule has 1 amide bonds. The lowest BCUT2D eigenvalue weighted by atomic mass is 10.1. The maximum atomic E-state index is 12.1. The number of ether oxygens (including phenoxy) is 2. The SMILES string of the molecule is O=C(OCC[C@@H]1Oc2cc([N+](=O)[O-])ccc2NC1=O)c1cccc([N+](=O)[O-])c1. The van der Waals surface area contributed by atoms with E-state index in [4.69, 9.17) is 9.47 Å². The predicted molar refractivity (Wildman–Crippen MR) is 94.1 cm³/mol. The van der Waals surface area contributed by atoms with Gasteiger partial charge in [-0.05, 0) is 12.1 Å². The second-order valence-corrected chi connectivity index (χ2v) is 5.77. The molecule has 0 aliphatic carbocycles. The summed E-state index contributed by atoms with van der Waals surface area (Å²) >= 11 is 0. The van der Waals surface area contributed by atoms with Crippen LogP contribution < -0.4 is 10.1 Å². The molecule has 3 rings (SSSR count). The molecule has 0 bridgehead atoms. The molecule has 0 aromatic heterocycles. The van der Waals surface area contributed by atoms with Gasteiger partial charge >= 0.3 is 5.97 Å². The highest BCUT2D eigenvalue weighted by molar-refractivity contribution is 5.98. The second kappa shape index (κ2) is 7.70. The van der Waals surface area contributed by atoms with Crippen LogP contribution >= 0.6 is 0 Å². The van der Waals surface area contributed by atoms with Crippen LogP contribution in [0.25, 0.3) is 0 Å². The molecule has 0 saturated carbocycles. The van der Waals surface area contributed by atoms with Gasteiger partial charge in [-0.15, -0.1) is 0 Å². The third-order valence-corrected chi connectivity index (χ3v) is 3.90. The molecule has 0 unspecified atom stereocenters. The fourth-order valence-corrected chi connectivity index (χ4v) is 2.52. The van der Waals surface area contributed by atoms with E-state index in [0.29, 0.717) is 5.69 Å². The standard InChI is InChI=1S/C17H13N3O8/c21-16-14(28-15-9-12(20(25)26)4-5-13(15)18-16)6-7-27-17(22)10-2-1-3-11(8-10)19(23)24/h1-5,8-9,14H,6-7H2,(H,18,21)/t14-/m0/s1. The lowest BCUT2D eigenvalue weighted by Gasteiger charge is -2.25. The number of esters is 1. The number of nitrogens with one attached hydrogen (secondary N) is 1. The number of hydrogen-bond acceptors (Lipinski definition) is 8. The van der Waals surface area contributed by atoms with Gasteiger partial charge < -0.3 is 14.8 Å². The number of nitro groups is 2. The monoisotopic (exact) mass is 387 g/mol. The van der Waals surface area contributed by atoms with Crippen molar-refractivity contribution in [3.63, 3.8) is 0 Å². The van der Waals surface area contributed by atoms with Crippen molar-refractivity contribution in [2.24, 2.45) is 0 Å². The third-order valence-electron chi connectivity index (χ3n) is 3.90. The quantitative estimate of drug-likeness (QED) is 0.451. The Kier molecular flexibility index (Phi) is 5.16. The van der Waals surface area contributed by atoms with Gasteiger partial charge in [-0.3, -0.25) is 25.0 Å². The number of rotatable bonds is 6. The highest BCUT2D eigenvalue weighted by Gasteiger charge is 2.29. The number of carbonyl (C=O) groups excluding carboxylic acids is 2. The van der Waals surface area contributed by atoms with E-state index in [1.807, 2.05) is 0 Å². The largest absolute Gasteiger partial charge is 0.478 e. The summed E-state index contributed by atoms with van der Waals surface area (Å²) in [7, 11) is 0. The van der Waals surface area contributed by atoms with E-state index in [2.05, 4.69) is 5.32 Å². The molecule has 2 aromatic carbocycles. The summed E-state index contributed by atoms with van der Waals surface area (Å²) in [4.78, 5) is 44.4. The third kappa shape index (κ3) is 4.03. The maximum Gasteiger partial charge on any atom is 0.338 e. The van der Waals surface area contributed by atoms with Crippen LogP contribution in [0.5, 0.6) is 5.75 Å². The van der Waals surface area contributed by atoms with E-state index >= 15 is 0 Å². The number of nitro benzene ring substituents is 2. The maximum absolute atomic E-state index is 12.1. The summed E-state index contributed by atoms with van der Waals surface area (Å²) in [6.07, 6.45) is -1.01. The molecule has 2 aromatic rings. The number of amides is 1. The predicted octanol–water partition coefficient (Wildman–Crippen LogP) is 2.45. The summed E-state index contributed by atoms with van der Waals surface area (Å²) in [6.45, 7) is -0.191. The van der Waals surface area contributed by atoms with Crippen LogP contribution in [0.3, 0.4) is 0 Å². The molecule has 0 fully saturated rings. The Morgan fingerprint density at radius 2 is 1.82 bits per heavy atom. The minimum absolute atomic E-state index is 0.00387. The van der Waals surface area contributed by atoms with E-state index in [1.54, 1.807) is 0 Å². The molecule has 1 atom stereocenters. The van der Waals surface area contributed by atoms with E-state index < -0.39 is 27.8 Å². The first kappa shape index (κ1) is 18.8. The molecule has 0 radical (unpaired) electrons. The van der Waals surface area contributed by atoms with Gasteiger partial charge in [-0.1, -0.05) is 6.07 Å². The number of fused-ring (bicyclic) bond motifs is 1. The van der Waals surface area contributed by atoms with Gasteiger partial charge in [0.25, 0.3) is 17.3 Å². The van der Waals surface area contributed by atoms with Gasteiger partial charge in [-0.25, -0.2) is 4.79 Å². The van der Waals surface area contributed by atoms with Crippen molar-refractivity contribution >= 4 is 28.9 Å². The topological polar surface area (TPSA) is 151 Å². The van der Waals surface area contributed by atoms with Crippen molar-refractivity contribution in [1.82, 2.24) is 0 Å². The fourth-order valence-electron chi connectivity index (χ4n) is 2.52. The molecule has 144 valence electrons. The van der Waals surface area contributed by atoms with Crippen LogP contribution in [0, 0.1) is 20.2 Å². The van der Waals surface area contributed by atoms with Crippen molar-refractivity contribution in [2.45, 2.75) is 12.5 Å². The zero-order valence-electron chi connectivity index (χ0n) is 14.2. The van der Waals surface area contributed by atoms with Gasteiger partial charge in [0.1, 0.15) is 0 Å². The van der Waals surface area contributed by atoms with Gasteiger partial charge in [0, 0.05) is 24.6 Å². The van der Waals surface area contributed by atoms with Gasteiger partial charge in [-0.2, -0.15) is 0 Å². The van der Waals surface area contributed by atoms with Crippen LogP contribution in [0.2, 0.25) is 0 Å². The number of non-ortho nitro benzene ring substituents is 2. The first-order valence-electron chi connectivity index (χ1n) is 8.02. The Hall–Kier alpha value is -4.02. The number of carbonyl (C=O) groups is 2. The molecule has 11 nitrogen and oxygen atoms in total. The van der Waals surface area contributed by atoms with Crippen molar-refractivity contribution in [2.75, 3.05) is 11.9 Å². The molecular formula is C17H13N3O8. The number of hydrogen-bond donors (Lipinski definition) is 1. The van der Waals surface area contributed by atoms with Crippen molar-refractivity contribution in [3.05, 3.63) is 68.3 Å². The highest BCUT2D eigenvalue weighted by Crippen LogP contribution is 2.33. The van der Waals surface area contributed by atoms with Crippen LogP contribution in [0.15, 0.2) is 42.5 Å². The summed E-state index contributed by atoms with van der Waals surface area (Å²) in [5.41, 5.74) is -0.127. The van der Waals surface area contributed by atoms with Crippen LogP contribution in [0.1, 0.15) is 16.8 Å². The number of anilines is 1. The molecule has 0 spiro atoms. The Bertz CT molecular complexity index is 975. The van der Waals surface area contributed by atoms with Gasteiger partial charge in [0.15, 0.2) is 11.9 Å². The average Bonchev–Trinajstić information content (AvgIpc) is 2.67. The molecule has 1 heterocycles. The highest BCUT2D eigenvalue weighted by atomic mass is 16.6. The Morgan fingerprint density at radius 3 is 2.54 bits per heavy atom. The Balaban J connectivity index is 1.60. The summed E-state index contributed by atoms with van der Waals surface area (Å²) < 4.78 is 10.5. The summed E-state index contributed by atoms with van der Waals surface area (Å²) in [5, 5.41) is 24.2. The van der Waals surface area contributed by atoms with Gasteiger partial charge in [0.05, 0.1) is 33.8 Å². The van der Waals surface area contributed by atoms with Crippen molar-refractivity contribution in [3.8, 4) is 5.75 Å². The lowest BCUT2D eigenvalue weighted by Crippen LogP contribution is -2.38. The number of nitrogens with zero attached hydrogens (tertiary/aromatic N) is 2. The molecular weight excluding hydrogens is 374 g/mol. The normalized spacial score (nSPS) is 15.0. The van der Waals surface area contributed by atoms with E-state index in [1.165, 1.54) is 36.4 Å². The fraction of sp³-hybridized carbons (Fsp3) is 0.176. The van der Waals surface area contributed by atoms with Crippen molar-refractivity contribution < 1.29 is 28.9 Å². The second-order valence-electron chi connectivity index (χ2n) is 5.77. The molecule has 0 saturated heterocycles. The average molecular weight is 387 g/mol. The first-order valence-corrected chi connectivity index (χ1v) is 8.02. The Labute approximate surface area is 157 Å². The van der Waals surface area contributed by atoms with Crippen LogP contribution in [-0.4, -0.2) is 34.4 Å². The first-order chi connectivity index (χ1) is 13.3. The Morgan fingerprint density at radius 1 is 1.11 bits per heavy atom.